The first-order valence-electron chi connectivity index (χ1n) is 56.9. The van der Waals surface area contributed by atoms with Gasteiger partial charge < -0.3 is 60.2 Å². The molecule has 0 radical (unpaired) electrons. The number of nitrogens with zero attached hydrogens (tertiary/aromatic N) is 19. The Kier molecular flexibility index (Phi) is 38.7. The van der Waals surface area contributed by atoms with Gasteiger partial charge in [-0.1, -0.05) is 54.4 Å². The summed E-state index contributed by atoms with van der Waals surface area (Å²) in [5, 5.41) is 36.3. The van der Waals surface area contributed by atoms with Gasteiger partial charge in [0.2, 0.25) is 23.6 Å². The van der Waals surface area contributed by atoms with E-state index >= 15 is 0 Å². The van der Waals surface area contributed by atoms with Crippen LogP contribution >= 0.6 is 0 Å². The Morgan fingerprint density at radius 2 is 0.662 bits per heavy atom. The van der Waals surface area contributed by atoms with Crippen LogP contribution in [0, 0.1) is 38.9 Å². The summed E-state index contributed by atoms with van der Waals surface area (Å²) in [4.78, 5) is 77.0. The summed E-state index contributed by atoms with van der Waals surface area (Å²) in [5.41, 5.74) is 19.8. The number of nitrogens with one attached hydrogen (secondary N) is 5. The Hall–Kier alpha value is -6.55. The van der Waals surface area contributed by atoms with Crippen LogP contribution in [0.25, 0.3) is 0 Å². The minimum atomic E-state index is -0.0983. The van der Waals surface area contributed by atoms with E-state index in [4.69, 9.17) is 34.9 Å². The van der Waals surface area contributed by atoms with Crippen molar-refractivity contribution < 1.29 is 28.7 Å². The fraction of sp³-hybridized carbons (Fsp3) is 0.830. The third-order valence-electron chi connectivity index (χ3n) is 36.8. The molecule has 5 aliphatic carbocycles. The zero-order valence-corrected chi connectivity index (χ0v) is 92.0. The molecule has 5 aromatic rings. The normalized spacial score (nSPS) is 23.2. The van der Waals surface area contributed by atoms with Crippen molar-refractivity contribution in [1.82, 2.24) is 119 Å². The van der Waals surface area contributed by atoms with Gasteiger partial charge in [0.05, 0.1) is 101 Å². The number of rotatable bonds is 36. The molecule has 14 aliphatic rings. The van der Waals surface area contributed by atoms with E-state index in [1.54, 1.807) is 11.3 Å². The van der Waals surface area contributed by atoms with Gasteiger partial charge in [-0.05, 0) is 304 Å². The average molecular weight is 1970 g/mol. The van der Waals surface area contributed by atoms with Crippen molar-refractivity contribution in [2.45, 2.75) is 362 Å². The Morgan fingerprint density at radius 1 is 0.352 bits per heavy atom. The first-order valence-corrected chi connectivity index (χ1v) is 56.9. The SMILES string of the molecule is CCC1(CC)CCC(c2c(CN(C)CCNC)nc3n2CCCC3)CC1.CNCCN(C)Cc1nn2c(c1C1CCC3(CC1)CCN(C)C3=O)CCC2.CNCCN(C)Cc1nn2c(c1C1CCC3(CC1)CCN(C)C3=O)COCC2.CNCCN(C)Cc1nn2c(c1C1CCC3(CC1)CCN(CC(C)C)C3=O)CCC2.CNCCN(C)Cc1nn2c(c1C1CCC3(CC1)CCN(CC(C)C)C3=O)COCC2. The predicted molar refractivity (Wildman–Crippen MR) is 567 cm³/mol. The van der Waals surface area contributed by atoms with E-state index in [2.05, 4.69) is 161 Å². The molecule has 30 heteroatoms. The van der Waals surface area contributed by atoms with Gasteiger partial charge in [0.25, 0.3) is 0 Å². The molecule has 796 valence electrons. The lowest BCUT2D eigenvalue weighted by atomic mass is 9.67. The van der Waals surface area contributed by atoms with Gasteiger partial charge in [-0.2, -0.15) is 20.4 Å². The molecule has 14 heterocycles. The number of aryl methyl sites for hydroxylation is 3. The van der Waals surface area contributed by atoms with Crippen LogP contribution in [-0.4, -0.2) is 319 Å². The molecule has 4 saturated heterocycles. The lowest BCUT2D eigenvalue weighted by Gasteiger charge is -2.40. The maximum atomic E-state index is 13.2. The van der Waals surface area contributed by atoms with Crippen molar-refractivity contribution in [3.8, 4) is 0 Å². The van der Waals surface area contributed by atoms with E-state index < -0.39 is 0 Å². The van der Waals surface area contributed by atoms with E-state index in [0.29, 0.717) is 77.8 Å². The van der Waals surface area contributed by atoms with Crippen LogP contribution in [0.5, 0.6) is 0 Å². The molecular weight excluding hydrogens is 1780 g/mol. The van der Waals surface area contributed by atoms with Gasteiger partial charge in [0.1, 0.15) is 5.82 Å². The van der Waals surface area contributed by atoms with Crippen molar-refractivity contribution >= 4 is 23.6 Å². The van der Waals surface area contributed by atoms with Crippen molar-refractivity contribution in [2.75, 3.05) is 203 Å². The third kappa shape index (κ3) is 25.3. The first kappa shape index (κ1) is 110. The first-order chi connectivity index (χ1) is 68.6. The summed E-state index contributed by atoms with van der Waals surface area (Å²) >= 11 is 0. The maximum Gasteiger partial charge on any atom is 0.228 e. The fourth-order valence-corrected chi connectivity index (χ4v) is 28.1. The molecule has 4 spiro atoms. The molecular formula is C112H192N24O6. The summed E-state index contributed by atoms with van der Waals surface area (Å²) in [6.07, 6.45) is 38.3. The highest BCUT2D eigenvalue weighted by Crippen LogP contribution is 2.56. The van der Waals surface area contributed by atoms with E-state index in [-0.39, 0.29) is 21.7 Å². The second-order valence-corrected chi connectivity index (χ2v) is 47.6. The largest absolute Gasteiger partial charge is 0.373 e. The lowest BCUT2D eigenvalue weighted by molar-refractivity contribution is -0.138. The summed E-state index contributed by atoms with van der Waals surface area (Å²) < 4.78 is 23.2. The Morgan fingerprint density at radius 3 is 0.979 bits per heavy atom. The van der Waals surface area contributed by atoms with Gasteiger partial charge in [0, 0.05) is 223 Å². The lowest BCUT2D eigenvalue weighted by Crippen LogP contribution is -2.38. The highest BCUT2D eigenvalue weighted by Gasteiger charge is 2.54. The minimum absolute atomic E-state index is 0.0503. The van der Waals surface area contributed by atoms with Crippen LogP contribution in [0.4, 0.5) is 0 Å². The molecule has 4 amide bonds. The summed E-state index contributed by atoms with van der Waals surface area (Å²) in [6, 6.07) is 0. The zero-order chi connectivity index (χ0) is 101. The number of hydrogen-bond acceptors (Lipinski definition) is 21. The van der Waals surface area contributed by atoms with Crippen LogP contribution in [0.1, 0.15) is 349 Å². The van der Waals surface area contributed by atoms with E-state index in [9.17, 15) is 19.2 Å². The number of aromatic nitrogens is 10. The number of fused-ring (bicyclic) bond motifs is 5. The second-order valence-electron chi connectivity index (χ2n) is 47.6. The van der Waals surface area contributed by atoms with Crippen LogP contribution in [0.15, 0.2) is 0 Å². The monoisotopic (exact) mass is 1970 g/mol. The Labute approximate surface area is 855 Å². The summed E-state index contributed by atoms with van der Waals surface area (Å²) in [5.74, 6) is 6.99. The molecule has 0 aromatic carbocycles. The van der Waals surface area contributed by atoms with Crippen LogP contribution < -0.4 is 26.6 Å². The summed E-state index contributed by atoms with van der Waals surface area (Å²) in [7, 11) is 24.9. The standard InChI is InChI=1S/C24H41N5O2.C24H41N5O.C22H40N4.C21H35N5O2.C21H35N5O/c1-18(2)15-28-11-9-24(23(28)30)7-5-19(6-8-24)22-20(16-27(4)12-10-25-3)26-29-13-14-31-17-21(22)29;1-18(2)16-28-14-11-24(23(28)30)9-7-19(8-10-24)22-20(17-27(4)15-12-25-3)26-29-13-5-6-21(22)29;1-5-22(6-2)12-10-18(11-13-22)21-19(17-25(4)16-14-23-3)24-20-9-7-8-15-26(20)21;1-22-9-11-24(2)14-17-19(18-15-28-13-12-26(18)23-17)16-4-6-21(7-5-16)8-10-25(3)20(21)27;1-22-11-14-24(2)15-17-19(18-5-4-12-26(18)23-17)16-6-8-21(9-7-16)10-13-25(3)20(21)27/h18-19,25H,5-17H2,1-4H3;18-19,25H,5-17H2,1-4H3;18,23H,5-17H2,1-4H3;16,22H,4-15H2,1-3H3;16,22H,4-15H2,1-3H3. The van der Waals surface area contributed by atoms with E-state index in [1.165, 1.54) is 164 Å². The molecule has 9 fully saturated rings. The molecule has 0 bridgehead atoms. The van der Waals surface area contributed by atoms with E-state index in [0.717, 1.165) is 311 Å². The molecule has 19 rings (SSSR count). The van der Waals surface area contributed by atoms with Gasteiger partial charge in [-0.25, -0.2) is 4.98 Å². The topological polar surface area (TPSA) is 265 Å². The van der Waals surface area contributed by atoms with Crippen molar-refractivity contribution in [1.29, 1.82) is 0 Å². The number of carbonyl (C=O) groups excluding carboxylic acids is 4. The van der Waals surface area contributed by atoms with Crippen LogP contribution in [-0.2, 0) is 127 Å². The highest BCUT2D eigenvalue weighted by atomic mass is 16.5. The molecule has 5 aromatic heterocycles. The Bertz CT molecular complexity index is 4860. The molecule has 5 saturated carbocycles. The van der Waals surface area contributed by atoms with Crippen LogP contribution in [0.3, 0.4) is 0 Å². The quantitative estimate of drug-likeness (QED) is 0.0249. The smallest absolute Gasteiger partial charge is 0.228 e. The number of hydrogen-bond donors (Lipinski definition) is 5. The van der Waals surface area contributed by atoms with Gasteiger partial charge in [0.15, 0.2) is 0 Å². The van der Waals surface area contributed by atoms with Gasteiger partial charge in [-0.3, -0.25) is 62.4 Å². The summed E-state index contributed by atoms with van der Waals surface area (Å²) in [6.45, 7) is 41.9. The molecule has 142 heavy (non-hydrogen) atoms. The van der Waals surface area contributed by atoms with Gasteiger partial charge in [-0.15, -0.1) is 0 Å². The Balaban J connectivity index is 0.000000134. The van der Waals surface area contributed by atoms with Crippen molar-refractivity contribution in [3.05, 3.63) is 85.0 Å². The van der Waals surface area contributed by atoms with E-state index in [1.807, 2.05) is 59.1 Å². The minimum Gasteiger partial charge on any atom is -0.373 e. The zero-order valence-electron chi connectivity index (χ0n) is 92.0. The number of carbonyl (C=O) groups is 4. The average Bonchev–Trinajstić information content (AvgIpc) is 1.61. The van der Waals surface area contributed by atoms with Crippen LogP contribution in [0.2, 0.25) is 0 Å². The molecule has 0 atom stereocenters. The number of likely N-dealkylation sites (N-methyl/N-ethyl adjacent to an activating group) is 10. The van der Waals surface area contributed by atoms with Gasteiger partial charge >= 0.3 is 0 Å². The molecule has 30 nitrogen and oxygen atoms in total. The molecule has 9 aliphatic heterocycles. The van der Waals surface area contributed by atoms with Crippen molar-refractivity contribution in [2.24, 2.45) is 38.9 Å². The second kappa shape index (κ2) is 50.2. The third-order valence-corrected chi connectivity index (χ3v) is 36.8. The molecule has 0 unspecified atom stereocenters. The predicted octanol–water partition coefficient (Wildman–Crippen LogP) is 13.5. The number of imidazole rings is 1. The molecule has 5 N–H and O–H groups in total. The van der Waals surface area contributed by atoms with Crippen molar-refractivity contribution in [3.63, 3.8) is 0 Å². The fourth-order valence-electron chi connectivity index (χ4n) is 28.1. The number of ether oxygens (including phenoxy) is 2. The number of likely N-dealkylation sites (tertiary alicyclic amines) is 4. The maximum absolute atomic E-state index is 13.2. The highest BCUT2D eigenvalue weighted by molar-refractivity contribution is 5.86. The number of amides is 4.